The highest BCUT2D eigenvalue weighted by Crippen LogP contribution is 2.29. The fourth-order valence-electron chi connectivity index (χ4n) is 0.899. The lowest BCUT2D eigenvalue weighted by Gasteiger charge is -2.11. The molecular weight excluding hydrogens is 233 g/mol. The van der Waals surface area contributed by atoms with Gasteiger partial charge in [-0.05, 0) is 6.07 Å². The van der Waals surface area contributed by atoms with Gasteiger partial charge < -0.3 is 9.84 Å². The predicted octanol–water partition coefficient (Wildman–Crippen LogP) is 3.16. The second kappa shape index (κ2) is 4.72. The molecular formula is C9H7ClF3O2. The third-order valence-electron chi connectivity index (χ3n) is 1.52. The summed E-state index contributed by atoms with van der Waals surface area (Å²) in [7, 11) is 0. The highest BCUT2D eigenvalue weighted by molar-refractivity contribution is 6.33. The van der Waals surface area contributed by atoms with E-state index in [0.717, 1.165) is 0 Å². The second-order valence-corrected chi connectivity index (χ2v) is 3.07. The molecule has 0 saturated carbocycles. The van der Waals surface area contributed by atoms with Gasteiger partial charge in [0.2, 0.25) is 0 Å². The lowest BCUT2D eigenvalue weighted by atomic mass is 10.2. The standard InChI is InChI=1S/C9H7ClF3O2/c10-8-6(4-14)2-1-3-7(8)15-5-9(11,12)13/h1-4,14H,5H2. The quantitative estimate of drug-likeness (QED) is 0.878. The highest BCUT2D eigenvalue weighted by atomic mass is 35.5. The molecule has 0 bridgehead atoms. The molecule has 0 saturated heterocycles. The number of alkyl halides is 3. The van der Waals surface area contributed by atoms with Crippen LogP contribution in [0.5, 0.6) is 5.75 Å². The van der Waals surface area contributed by atoms with Gasteiger partial charge in [-0.1, -0.05) is 23.7 Å². The average molecular weight is 240 g/mol. The van der Waals surface area contributed by atoms with Crippen LogP contribution in [0.4, 0.5) is 13.2 Å². The van der Waals surface area contributed by atoms with E-state index in [1.807, 2.05) is 0 Å². The molecule has 1 aromatic rings. The molecule has 0 aromatic heterocycles. The largest absolute Gasteiger partial charge is 0.483 e. The molecule has 0 atom stereocenters. The van der Waals surface area contributed by atoms with Crippen molar-refractivity contribution in [2.24, 2.45) is 0 Å². The third-order valence-corrected chi connectivity index (χ3v) is 1.93. The first kappa shape index (κ1) is 12.1. The number of aliphatic hydroxyl groups excluding tert-OH is 1. The van der Waals surface area contributed by atoms with Crippen molar-refractivity contribution in [1.29, 1.82) is 0 Å². The predicted molar refractivity (Wildman–Crippen MR) is 48.3 cm³/mol. The van der Waals surface area contributed by atoms with E-state index >= 15 is 0 Å². The van der Waals surface area contributed by atoms with E-state index < -0.39 is 12.8 Å². The minimum atomic E-state index is -4.41. The Bertz CT molecular complexity index is 339. The van der Waals surface area contributed by atoms with Crippen LogP contribution < -0.4 is 4.74 Å². The van der Waals surface area contributed by atoms with Gasteiger partial charge in [-0.25, -0.2) is 0 Å². The van der Waals surface area contributed by atoms with Crippen LogP contribution in [0.3, 0.4) is 0 Å². The number of rotatable bonds is 3. The van der Waals surface area contributed by atoms with Gasteiger partial charge in [0.15, 0.2) is 6.61 Å². The zero-order valence-corrected chi connectivity index (χ0v) is 8.14. The Hall–Kier alpha value is -0.940. The topological polar surface area (TPSA) is 29.5 Å². The van der Waals surface area contributed by atoms with Gasteiger partial charge >= 0.3 is 6.18 Å². The van der Waals surface area contributed by atoms with Crippen molar-refractivity contribution in [3.05, 3.63) is 35.4 Å². The highest BCUT2D eigenvalue weighted by Gasteiger charge is 2.28. The van der Waals surface area contributed by atoms with E-state index in [9.17, 15) is 13.2 Å². The summed E-state index contributed by atoms with van der Waals surface area (Å²) in [6, 6.07) is 4.17. The first-order chi connectivity index (χ1) is 6.94. The van der Waals surface area contributed by atoms with Crippen molar-refractivity contribution in [3.8, 4) is 5.75 Å². The Morgan fingerprint density at radius 2 is 2.07 bits per heavy atom. The lowest BCUT2D eigenvalue weighted by Crippen LogP contribution is -2.19. The molecule has 0 aliphatic heterocycles. The lowest BCUT2D eigenvalue weighted by molar-refractivity contribution is -0.153. The summed E-state index contributed by atoms with van der Waals surface area (Å²) >= 11 is 5.65. The summed E-state index contributed by atoms with van der Waals surface area (Å²) in [5, 5.41) is 8.63. The zero-order chi connectivity index (χ0) is 11.5. The molecule has 0 spiro atoms. The fraction of sp³-hybridized carbons (Fsp3) is 0.222. The Morgan fingerprint density at radius 3 is 2.60 bits per heavy atom. The number of hydrogen-bond donors (Lipinski definition) is 1. The average Bonchev–Trinajstić information content (AvgIpc) is 2.15. The van der Waals surface area contributed by atoms with Crippen molar-refractivity contribution in [2.75, 3.05) is 6.61 Å². The van der Waals surface area contributed by atoms with Crippen LogP contribution in [-0.4, -0.2) is 17.9 Å². The van der Waals surface area contributed by atoms with Crippen molar-refractivity contribution >= 4 is 11.6 Å². The van der Waals surface area contributed by atoms with Crippen molar-refractivity contribution < 1.29 is 23.0 Å². The van der Waals surface area contributed by atoms with Crippen LogP contribution in [0.25, 0.3) is 0 Å². The van der Waals surface area contributed by atoms with E-state index in [0.29, 0.717) is 6.61 Å². The molecule has 6 heteroatoms. The van der Waals surface area contributed by atoms with E-state index in [2.05, 4.69) is 4.74 Å². The maximum Gasteiger partial charge on any atom is 0.422 e. The maximum absolute atomic E-state index is 11.8. The Balaban J connectivity index is 2.78. The number of hydrogen-bond acceptors (Lipinski definition) is 2. The van der Waals surface area contributed by atoms with E-state index in [1.54, 1.807) is 0 Å². The maximum atomic E-state index is 11.8. The molecule has 1 aromatic carbocycles. The molecule has 0 unspecified atom stereocenters. The molecule has 1 N–H and O–H groups in total. The van der Waals surface area contributed by atoms with Gasteiger partial charge in [0.25, 0.3) is 0 Å². The zero-order valence-electron chi connectivity index (χ0n) is 7.38. The van der Waals surface area contributed by atoms with Crippen LogP contribution in [-0.2, 0) is 0 Å². The van der Waals surface area contributed by atoms with E-state index in [-0.39, 0.29) is 16.3 Å². The minimum absolute atomic E-state index is 0.0516. The smallest absolute Gasteiger partial charge is 0.422 e. The molecule has 0 amide bonds. The number of ether oxygens (including phenoxy) is 1. The molecule has 0 aliphatic rings. The fourth-order valence-corrected chi connectivity index (χ4v) is 1.13. The van der Waals surface area contributed by atoms with Crippen LogP contribution in [0, 0.1) is 6.61 Å². The summed E-state index contributed by atoms with van der Waals surface area (Å²) in [4.78, 5) is 0. The molecule has 1 rings (SSSR count). The molecule has 2 nitrogen and oxygen atoms in total. The first-order valence-electron chi connectivity index (χ1n) is 3.89. The second-order valence-electron chi connectivity index (χ2n) is 2.69. The summed E-state index contributed by atoms with van der Waals surface area (Å²) in [6.07, 6.45) is -4.41. The van der Waals surface area contributed by atoms with Crippen LogP contribution >= 0.6 is 11.6 Å². The SMILES string of the molecule is O[CH]c1cccc(OCC(F)(F)F)c1Cl. The summed E-state index contributed by atoms with van der Waals surface area (Å²) in [5.74, 6) is -0.114. The van der Waals surface area contributed by atoms with Crippen LogP contribution in [0.2, 0.25) is 5.02 Å². The van der Waals surface area contributed by atoms with Crippen LogP contribution in [0.15, 0.2) is 18.2 Å². The molecule has 0 fully saturated rings. The van der Waals surface area contributed by atoms with Crippen LogP contribution in [0.1, 0.15) is 5.56 Å². The first-order valence-corrected chi connectivity index (χ1v) is 4.27. The van der Waals surface area contributed by atoms with Gasteiger partial charge in [-0.2, -0.15) is 13.2 Å². The third kappa shape index (κ3) is 3.60. The number of benzene rings is 1. The molecule has 1 radical (unpaired) electrons. The summed E-state index contributed by atoms with van der Waals surface area (Å²) in [5.41, 5.74) is 0.205. The summed E-state index contributed by atoms with van der Waals surface area (Å²) < 4.78 is 39.9. The monoisotopic (exact) mass is 239 g/mol. The summed E-state index contributed by atoms with van der Waals surface area (Å²) in [6.45, 7) is -0.718. The van der Waals surface area contributed by atoms with Crippen molar-refractivity contribution in [1.82, 2.24) is 0 Å². The molecule has 83 valence electrons. The van der Waals surface area contributed by atoms with Gasteiger partial charge in [0.05, 0.1) is 5.02 Å². The van der Waals surface area contributed by atoms with E-state index in [1.165, 1.54) is 18.2 Å². The van der Waals surface area contributed by atoms with Crippen molar-refractivity contribution in [2.45, 2.75) is 6.18 Å². The van der Waals surface area contributed by atoms with Gasteiger partial charge in [0, 0.05) is 5.56 Å². The molecule has 0 aliphatic carbocycles. The molecule has 0 heterocycles. The van der Waals surface area contributed by atoms with Gasteiger partial charge in [0.1, 0.15) is 12.4 Å². The van der Waals surface area contributed by atoms with Crippen molar-refractivity contribution in [3.63, 3.8) is 0 Å². The normalized spacial score (nSPS) is 11.5. The molecule has 15 heavy (non-hydrogen) atoms. The minimum Gasteiger partial charge on any atom is -0.483 e. The Labute approximate surface area is 89.2 Å². The Morgan fingerprint density at radius 1 is 1.40 bits per heavy atom. The van der Waals surface area contributed by atoms with E-state index in [4.69, 9.17) is 16.7 Å². The van der Waals surface area contributed by atoms with Gasteiger partial charge in [-0.15, -0.1) is 0 Å². The van der Waals surface area contributed by atoms with Gasteiger partial charge in [-0.3, -0.25) is 0 Å². The number of aliphatic hydroxyl groups is 1. The number of halogens is 4. The Kier molecular flexibility index (Phi) is 3.82.